The molecule has 0 radical (unpaired) electrons. The third kappa shape index (κ3) is 3.07. The summed E-state index contributed by atoms with van der Waals surface area (Å²) < 4.78 is 0. The zero-order chi connectivity index (χ0) is 16.2. The zero-order valence-electron chi connectivity index (χ0n) is 13.9. The largest absolute Gasteiger partial charge is 0.340 e. The van der Waals surface area contributed by atoms with Crippen molar-refractivity contribution in [1.29, 1.82) is 0 Å². The van der Waals surface area contributed by atoms with Crippen LogP contribution in [-0.2, 0) is 9.59 Å². The minimum atomic E-state index is -0.800. The van der Waals surface area contributed by atoms with E-state index in [0.29, 0.717) is 12.8 Å². The van der Waals surface area contributed by atoms with E-state index < -0.39 is 11.6 Å². The molecule has 2 amide bonds. The van der Waals surface area contributed by atoms with Crippen molar-refractivity contribution < 1.29 is 9.59 Å². The molecule has 1 fully saturated rings. The summed E-state index contributed by atoms with van der Waals surface area (Å²) in [4.78, 5) is 27.3. The van der Waals surface area contributed by atoms with Crippen LogP contribution in [-0.4, -0.2) is 34.3 Å². The second-order valence-electron chi connectivity index (χ2n) is 6.15. The van der Waals surface area contributed by atoms with Crippen LogP contribution in [0, 0.1) is 18.3 Å². The van der Waals surface area contributed by atoms with Crippen molar-refractivity contribution in [2.75, 3.05) is 0 Å². The first-order valence-electron chi connectivity index (χ1n) is 7.99. The van der Waals surface area contributed by atoms with Gasteiger partial charge in [0.05, 0.1) is 6.04 Å². The fourth-order valence-corrected chi connectivity index (χ4v) is 3.13. The van der Waals surface area contributed by atoms with Gasteiger partial charge in [0.1, 0.15) is 11.6 Å². The average Bonchev–Trinajstić information content (AvgIpc) is 2.46. The van der Waals surface area contributed by atoms with Crippen molar-refractivity contribution in [2.24, 2.45) is 5.92 Å². The van der Waals surface area contributed by atoms with E-state index in [4.69, 9.17) is 6.42 Å². The van der Waals surface area contributed by atoms with Gasteiger partial charge >= 0.3 is 0 Å². The number of hydrogen-bond donors (Lipinski definition) is 1. The number of terminal acetylenes is 1. The summed E-state index contributed by atoms with van der Waals surface area (Å²) in [6.07, 6.45) is 8.43. The monoisotopic (exact) mass is 292 g/mol. The predicted octanol–water partition coefficient (Wildman–Crippen LogP) is 2.33. The maximum atomic E-state index is 13.1. The van der Waals surface area contributed by atoms with E-state index in [-0.39, 0.29) is 23.8 Å². The smallest absolute Gasteiger partial charge is 0.249 e. The minimum Gasteiger partial charge on any atom is -0.340 e. The minimum absolute atomic E-state index is 0.0257. The first-order valence-corrected chi connectivity index (χ1v) is 7.99. The number of hydrogen-bond acceptors (Lipinski definition) is 2. The number of rotatable bonds is 6. The molecule has 1 N–H and O–H groups in total. The molecule has 0 aromatic heterocycles. The molecular formula is C17H28N2O2. The van der Waals surface area contributed by atoms with Crippen molar-refractivity contribution in [3.8, 4) is 12.3 Å². The number of carbonyl (C=O) groups excluding carboxylic acids is 2. The van der Waals surface area contributed by atoms with Crippen LogP contribution in [0.5, 0.6) is 0 Å². The number of amides is 2. The third-order valence-electron chi connectivity index (χ3n) is 4.50. The van der Waals surface area contributed by atoms with Gasteiger partial charge in [0.15, 0.2) is 0 Å². The third-order valence-corrected chi connectivity index (χ3v) is 4.50. The van der Waals surface area contributed by atoms with E-state index >= 15 is 0 Å². The summed E-state index contributed by atoms with van der Waals surface area (Å²) in [7, 11) is 0. The lowest BCUT2D eigenvalue weighted by Gasteiger charge is -2.48. The number of piperazine rings is 1. The Bertz CT molecular complexity index is 433. The van der Waals surface area contributed by atoms with Gasteiger partial charge in [-0.15, -0.1) is 6.42 Å². The number of carbonyl (C=O) groups is 2. The molecule has 1 saturated heterocycles. The van der Waals surface area contributed by atoms with Gasteiger partial charge in [-0.2, -0.15) is 0 Å². The summed E-state index contributed by atoms with van der Waals surface area (Å²) >= 11 is 0. The van der Waals surface area contributed by atoms with Crippen molar-refractivity contribution in [2.45, 2.75) is 77.9 Å². The van der Waals surface area contributed by atoms with Crippen molar-refractivity contribution in [3.05, 3.63) is 0 Å². The van der Waals surface area contributed by atoms with Crippen molar-refractivity contribution in [1.82, 2.24) is 10.2 Å². The van der Waals surface area contributed by atoms with E-state index in [1.807, 2.05) is 34.6 Å². The van der Waals surface area contributed by atoms with Gasteiger partial charge in [-0.25, -0.2) is 0 Å². The highest BCUT2D eigenvalue weighted by molar-refractivity contribution is 6.00. The summed E-state index contributed by atoms with van der Waals surface area (Å²) in [5.74, 6) is 2.65. The molecule has 118 valence electrons. The average molecular weight is 292 g/mol. The Hall–Kier alpha value is -1.50. The molecular weight excluding hydrogens is 264 g/mol. The van der Waals surface area contributed by atoms with Crippen LogP contribution in [0.4, 0.5) is 0 Å². The van der Waals surface area contributed by atoms with E-state index in [2.05, 4.69) is 11.2 Å². The molecule has 4 heteroatoms. The van der Waals surface area contributed by atoms with Crippen LogP contribution in [0.25, 0.3) is 0 Å². The van der Waals surface area contributed by atoms with Gasteiger partial charge in [-0.1, -0.05) is 47.0 Å². The molecule has 1 aliphatic rings. The first-order chi connectivity index (χ1) is 9.88. The van der Waals surface area contributed by atoms with Crippen LogP contribution in [0.3, 0.4) is 0 Å². The van der Waals surface area contributed by atoms with Gasteiger partial charge in [0, 0.05) is 0 Å². The lowest BCUT2D eigenvalue weighted by Crippen LogP contribution is -2.72. The fourth-order valence-electron chi connectivity index (χ4n) is 3.13. The lowest BCUT2D eigenvalue weighted by molar-refractivity contribution is -0.159. The van der Waals surface area contributed by atoms with E-state index in [1.54, 1.807) is 4.90 Å². The predicted molar refractivity (Wildman–Crippen MR) is 84.5 cm³/mol. The first kappa shape index (κ1) is 17.6. The van der Waals surface area contributed by atoms with Crippen molar-refractivity contribution in [3.63, 3.8) is 0 Å². The lowest BCUT2D eigenvalue weighted by atomic mass is 9.83. The normalized spacial score (nSPS) is 22.9. The standard InChI is InChI=1S/C17H28N2O2/c1-7-11-13(8-2)19-14(12(5)6)15(20)18-17(9-3,10-4)16(19)21/h2,12-14H,7,9-11H2,1,3-6H3,(H,18,20). The van der Waals surface area contributed by atoms with Crippen LogP contribution in [0.15, 0.2) is 0 Å². The Balaban J connectivity index is 3.30. The number of nitrogens with zero attached hydrogens (tertiary/aromatic N) is 1. The molecule has 4 nitrogen and oxygen atoms in total. The summed E-state index contributed by atoms with van der Waals surface area (Å²) in [6, 6.07) is -0.783. The number of nitrogens with one attached hydrogen (secondary N) is 1. The van der Waals surface area contributed by atoms with Gasteiger partial charge in [-0.3, -0.25) is 9.59 Å². The molecule has 0 aliphatic carbocycles. The van der Waals surface area contributed by atoms with Crippen LogP contribution in [0.1, 0.15) is 60.3 Å². The second-order valence-corrected chi connectivity index (χ2v) is 6.15. The molecule has 1 heterocycles. The molecule has 0 aromatic rings. The Morgan fingerprint density at radius 3 is 2.24 bits per heavy atom. The highest BCUT2D eigenvalue weighted by atomic mass is 16.2. The molecule has 1 rings (SSSR count). The molecule has 0 spiro atoms. The quantitative estimate of drug-likeness (QED) is 0.764. The van der Waals surface area contributed by atoms with Gasteiger partial charge in [0.25, 0.3) is 0 Å². The molecule has 21 heavy (non-hydrogen) atoms. The molecule has 1 aliphatic heterocycles. The zero-order valence-corrected chi connectivity index (χ0v) is 13.9. The Morgan fingerprint density at radius 2 is 1.86 bits per heavy atom. The van der Waals surface area contributed by atoms with E-state index in [9.17, 15) is 9.59 Å². The van der Waals surface area contributed by atoms with Crippen LogP contribution < -0.4 is 5.32 Å². The second kappa shape index (κ2) is 6.98. The van der Waals surface area contributed by atoms with Crippen LogP contribution in [0.2, 0.25) is 0 Å². The van der Waals surface area contributed by atoms with E-state index in [0.717, 1.165) is 12.8 Å². The highest BCUT2D eigenvalue weighted by Crippen LogP contribution is 2.30. The Kier molecular flexibility index (Phi) is 5.83. The summed E-state index contributed by atoms with van der Waals surface area (Å²) in [5, 5.41) is 2.96. The summed E-state index contributed by atoms with van der Waals surface area (Å²) in [5.41, 5.74) is -0.800. The van der Waals surface area contributed by atoms with Crippen molar-refractivity contribution >= 4 is 11.8 Å². The Morgan fingerprint density at radius 1 is 1.29 bits per heavy atom. The maximum absolute atomic E-state index is 13.1. The maximum Gasteiger partial charge on any atom is 0.249 e. The molecule has 2 atom stereocenters. The topological polar surface area (TPSA) is 49.4 Å². The van der Waals surface area contributed by atoms with Gasteiger partial charge in [-0.05, 0) is 25.2 Å². The van der Waals surface area contributed by atoms with E-state index in [1.165, 1.54) is 0 Å². The van der Waals surface area contributed by atoms with Gasteiger partial charge < -0.3 is 10.2 Å². The summed E-state index contributed by atoms with van der Waals surface area (Å²) in [6.45, 7) is 9.81. The molecule has 0 saturated carbocycles. The molecule has 0 bridgehead atoms. The molecule has 2 unspecified atom stereocenters. The Labute approximate surface area is 128 Å². The highest BCUT2D eigenvalue weighted by Gasteiger charge is 2.51. The van der Waals surface area contributed by atoms with Crippen LogP contribution >= 0.6 is 0 Å². The van der Waals surface area contributed by atoms with Gasteiger partial charge in [0.2, 0.25) is 11.8 Å². The SMILES string of the molecule is C#CC(CCC)N1C(=O)C(CC)(CC)NC(=O)C1C(C)C. The molecule has 0 aromatic carbocycles. The fraction of sp³-hybridized carbons (Fsp3) is 0.765.